The summed E-state index contributed by atoms with van der Waals surface area (Å²) in [6.45, 7) is 1.96. The third kappa shape index (κ3) is 2.83. The topological polar surface area (TPSA) is 62.1 Å². The van der Waals surface area contributed by atoms with Crippen molar-refractivity contribution in [1.82, 2.24) is 9.97 Å². The third-order valence-corrected chi connectivity index (χ3v) is 7.71. The van der Waals surface area contributed by atoms with E-state index in [4.69, 9.17) is 9.40 Å². The summed E-state index contributed by atoms with van der Waals surface area (Å²) in [6, 6.07) is 35.1. The number of aromatic amines is 1. The Morgan fingerprint density at radius 2 is 1.21 bits per heavy atom. The molecule has 2 aromatic heterocycles. The van der Waals surface area contributed by atoms with Crippen molar-refractivity contribution in [2.24, 2.45) is 0 Å². The van der Waals surface area contributed by atoms with Gasteiger partial charge in [-0.15, -0.1) is 0 Å². The maximum atomic E-state index is 11.2. The van der Waals surface area contributed by atoms with Gasteiger partial charge >= 0.3 is 0 Å². The highest BCUT2D eigenvalue weighted by Crippen LogP contribution is 2.53. The first-order valence-electron chi connectivity index (χ1n) is 12.7. The minimum Gasteiger partial charge on any atom is -0.508 e. The second-order valence-electron chi connectivity index (χ2n) is 9.82. The highest BCUT2D eigenvalue weighted by molar-refractivity contribution is 6.14. The highest BCUT2D eigenvalue weighted by Gasteiger charge is 2.29. The SMILES string of the molecule is Cc1c(O)cc(-c2nc3ccccc3[nH]2)c2oc3c(c12)-c1ccccc1-c1ccccc1-c1ccccc1-3. The van der Waals surface area contributed by atoms with Crippen LogP contribution in [0.25, 0.3) is 78.1 Å². The Labute approximate surface area is 218 Å². The van der Waals surface area contributed by atoms with E-state index < -0.39 is 0 Å². The van der Waals surface area contributed by atoms with Gasteiger partial charge in [0.25, 0.3) is 0 Å². The Bertz CT molecular complexity index is 2030. The molecule has 5 aromatic carbocycles. The maximum Gasteiger partial charge on any atom is 0.146 e. The number of imidazole rings is 1. The number of hydrogen-bond acceptors (Lipinski definition) is 3. The number of para-hydroxylation sites is 2. The molecule has 4 heteroatoms. The summed E-state index contributed by atoms with van der Waals surface area (Å²) in [5.41, 5.74) is 11.7. The molecule has 8 rings (SSSR count). The quantitative estimate of drug-likeness (QED) is 0.241. The number of phenolic OH excluding ortho intramolecular Hbond substituents is 1. The zero-order chi connectivity index (χ0) is 25.4. The van der Waals surface area contributed by atoms with Gasteiger partial charge in [-0.2, -0.15) is 0 Å². The molecule has 0 amide bonds. The first kappa shape index (κ1) is 21.0. The lowest BCUT2D eigenvalue weighted by atomic mass is 9.82. The van der Waals surface area contributed by atoms with Crippen molar-refractivity contribution < 1.29 is 9.52 Å². The van der Waals surface area contributed by atoms with Gasteiger partial charge in [-0.05, 0) is 52.9 Å². The van der Waals surface area contributed by atoms with E-state index in [0.29, 0.717) is 11.4 Å². The molecular formula is C34H22N2O2. The van der Waals surface area contributed by atoms with Gasteiger partial charge in [0, 0.05) is 22.1 Å². The highest BCUT2D eigenvalue weighted by atomic mass is 16.3. The van der Waals surface area contributed by atoms with E-state index in [0.717, 1.165) is 61.1 Å². The first-order valence-corrected chi connectivity index (χ1v) is 12.7. The lowest BCUT2D eigenvalue weighted by Crippen LogP contribution is -1.95. The molecule has 1 aliphatic carbocycles. The van der Waals surface area contributed by atoms with Crippen molar-refractivity contribution >= 4 is 22.0 Å². The van der Waals surface area contributed by atoms with Crippen LogP contribution in [0.4, 0.5) is 0 Å². The summed E-state index contributed by atoms with van der Waals surface area (Å²) in [4.78, 5) is 8.27. The number of hydrogen-bond donors (Lipinski definition) is 2. The van der Waals surface area contributed by atoms with E-state index in [-0.39, 0.29) is 5.75 Å². The number of benzene rings is 5. The number of rotatable bonds is 1. The van der Waals surface area contributed by atoms with Crippen LogP contribution in [0.1, 0.15) is 5.56 Å². The summed E-state index contributed by atoms with van der Waals surface area (Å²) < 4.78 is 6.87. The number of aromatic hydroxyl groups is 1. The largest absolute Gasteiger partial charge is 0.508 e. The number of aryl methyl sites for hydroxylation is 1. The fourth-order valence-corrected chi connectivity index (χ4v) is 5.92. The Hall–Kier alpha value is -5.09. The molecule has 0 aliphatic heterocycles. The molecule has 0 spiro atoms. The number of nitrogens with zero attached hydrogens (tertiary/aromatic N) is 1. The Balaban J connectivity index is 1.56. The average Bonchev–Trinajstić information content (AvgIpc) is 3.57. The monoisotopic (exact) mass is 490 g/mol. The normalized spacial score (nSPS) is 11.9. The summed E-state index contributed by atoms with van der Waals surface area (Å²) in [7, 11) is 0. The smallest absolute Gasteiger partial charge is 0.146 e. The second kappa shape index (κ2) is 7.70. The molecule has 38 heavy (non-hydrogen) atoms. The molecule has 0 atom stereocenters. The molecule has 0 unspecified atom stereocenters. The van der Waals surface area contributed by atoms with Crippen molar-refractivity contribution in [2.45, 2.75) is 6.92 Å². The van der Waals surface area contributed by atoms with Gasteiger partial charge in [0.15, 0.2) is 0 Å². The average molecular weight is 491 g/mol. The molecular weight excluding hydrogens is 468 g/mol. The van der Waals surface area contributed by atoms with E-state index in [1.54, 1.807) is 6.07 Å². The molecule has 2 heterocycles. The molecule has 0 bridgehead atoms. The predicted octanol–water partition coefficient (Wildman–Crippen LogP) is 8.97. The lowest BCUT2D eigenvalue weighted by Gasteiger charge is -2.20. The number of nitrogens with one attached hydrogen (secondary N) is 1. The number of H-pyrrole nitrogens is 1. The summed E-state index contributed by atoms with van der Waals surface area (Å²) in [5.74, 6) is 1.67. The van der Waals surface area contributed by atoms with Crippen LogP contribution in [0.5, 0.6) is 5.75 Å². The van der Waals surface area contributed by atoms with Crippen molar-refractivity contribution in [2.75, 3.05) is 0 Å². The van der Waals surface area contributed by atoms with Crippen LogP contribution >= 0.6 is 0 Å². The fraction of sp³-hybridized carbons (Fsp3) is 0.0294. The first-order chi connectivity index (χ1) is 18.7. The molecule has 0 fully saturated rings. The van der Waals surface area contributed by atoms with Crippen molar-refractivity contribution in [3.05, 3.63) is 109 Å². The van der Waals surface area contributed by atoms with Gasteiger partial charge in [-0.3, -0.25) is 0 Å². The molecule has 7 aromatic rings. The van der Waals surface area contributed by atoms with Crippen LogP contribution in [0.2, 0.25) is 0 Å². The predicted molar refractivity (Wildman–Crippen MR) is 153 cm³/mol. The maximum absolute atomic E-state index is 11.2. The minimum atomic E-state index is 0.213. The fourth-order valence-electron chi connectivity index (χ4n) is 5.92. The van der Waals surface area contributed by atoms with Gasteiger partial charge < -0.3 is 14.5 Å². The molecule has 1 aliphatic rings. The summed E-state index contributed by atoms with van der Waals surface area (Å²) >= 11 is 0. The molecule has 2 N–H and O–H groups in total. The molecule has 0 saturated carbocycles. The van der Waals surface area contributed by atoms with E-state index in [1.807, 2.05) is 31.2 Å². The van der Waals surface area contributed by atoms with E-state index in [9.17, 15) is 5.11 Å². The number of furan rings is 1. The second-order valence-corrected chi connectivity index (χ2v) is 9.82. The van der Waals surface area contributed by atoms with E-state index >= 15 is 0 Å². The standard InChI is InChI=1S/C34H22N2O2/c1-19-29(37)18-26(34-35-27-16-8-9-17-28(27)36-34)33-30(19)31-24-14-6-4-12-22(24)20-10-2-3-11-21(20)23-13-5-7-15-25(23)32(31)38-33/h2-18,37H,1H3,(H,35,36). The van der Waals surface area contributed by atoms with Crippen LogP contribution in [0.15, 0.2) is 108 Å². The van der Waals surface area contributed by atoms with Gasteiger partial charge in [0.2, 0.25) is 0 Å². The van der Waals surface area contributed by atoms with Gasteiger partial charge in [-0.1, -0.05) is 84.9 Å². The van der Waals surface area contributed by atoms with Crippen LogP contribution in [0, 0.1) is 6.92 Å². The Kier molecular flexibility index (Phi) is 4.27. The van der Waals surface area contributed by atoms with Crippen molar-refractivity contribution in [3.8, 4) is 61.8 Å². The zero-order valence-corrected chi connectivity index (χ0v) is 20.6. The lowest BCUT2D eigenvalue weighted by molar-refractivity contribution is 0.472. The van der Waals surface area contributed by atoms with Gasteiger partial charge in [0.1, 0.15) is 22.9 Å². The van der Waals surface area contributed by atoms with E-state index in [1.165, 1.54) is 11.1 Å². The minimum absolute atomic E-state index is 0.213. The molecule has 4 nitrogen and oxygen atoms in total. The van der Waals surface area contributed by atoms with Crippen LogP contribution in [0.3, 0.4) is 0 Å². The number of aromatic nitrogens is 2. The molecule has 180 valence electrons. The number of phenols is 1. The molecule has 0 saturated heterocycles. The van der Waals surface area contributed by atoms with Crippen molar-refractivity contribution in [1.29, 1.82) is 0 Å². The third-order valence-electron chi connectivity index (χ3n) is 7.71. The zero-order valence-electron chi connectivity index (χ0n) is 20.6. The van der Waals surface area contributed by atoms with Gasteiger partial charge in [-0.25, -0.2) is 4.98 Å². The van der Waals surface area contributed by atoms with Crippen LogP contribution in [-0.2, 0) is 0 Å². The van der Waals surface area contributed by atoms with Crippen molar-refractivity contribution in [3.63, 3.8) is 0 Å². The summed E-state index contributed by atoms with van der Waals surface area (Å²) in [6.07, 6.45) is 0. The molecule has 0 radical (unpaired) electrons. The Morgan fingerprint density at radius 1 is 0.658 bits per heavy atom. The number of fused-ring (bicyclic) bond motifs is 11. The Morgan fingerprint density at radius 3 is 1.89 bits per heavy atom. The van der Waals surface area contributed by atoms with Crippen LogP contribution in [-0.4, -0.2) is 15.1 Å². The van der Waals surface area contributed by atoms with Gasteiger partial charge in [0.05, 0.1) is 16.6 Å². The summed E-state index contributed by atoms with van der Waals surface area (Å²) in [5, 5.41) is 12.1. The van der Waals surface area contributed by atoms with Crippen LogP contribution < -0.4 is 0 Å². The van der Waals surface area contributed by atoms with E-state index in [2.05, 4.69) is 77.8 Å².